The van der Waals surface area contributed by atoms with Crippen molar-refractivity contribution in [1.29, 1.82) is 0 Å². The van der Waals surface area contributed by atoms with Crippen LogP contribution in [-0.4, -0.2) is 30.8 Å². The highest BCUT2D eigenvalue weighted by Gasteiger charge is 2.12. The first-order valence-corrected chi connectivity index (χ1v) is 9.86. The van der Waals surface area contributed by atoms with Crippen LogP contribution >= 0.6 is 0 Å². The number of nitrogens with one attached hydrogen (secondary N) is 1. The number of carboxylic acid groups (broad SMARTS) is 1. The average Bonchev–Trinajstić information content (AvgIpc) is 2.79. The lowest BCUT2D eigenvalue weighted by molar-refractivity contribution is -0.136. The molecule has 0 aromatic heterocycles. The summed E-state index contributed by atoms with van der Waals surface area (Å²) < 4.78 is 5.15. The molecule has 0 fully saturated rings. The number of rotatable bonds is 7. The van der Waals surface area contributed by atoms with E-state index in [2.05, 4.69) is 5.32 Å². The summed E-state index contributed by atoms with van der Waals surface area (Å²) in [4.78, 5) is 25.3. The van der Waals surface area contributed by atoms with E-state index in [-0.39, 0.29) is 18.4 Å². The second-order valence-electron chi connectivity index (χ2n) is 6.77. The van der Waals surface area contributed by atoms with Crippen LogP contribution in [0.5, 0.6) is 0 Å². The van der Waals surface area contributed by atoms with Gasteiger partial charge in [0, 0.05) is 18.4 Å². The molecule has 3 aromatic carbocycles. The quantitative estimate of drug-likeness (QED) is 0.395. The molecule has 0 aliphatic heterocycles. The number of nitrogens with zero attached hydrogens (tertiary/aromatic N) is 1. The van der Waals surface area contributed by atoms with Gasteiger partial charge in [-0.3, -0.25) is 4.90 Å². The Morgan fingerprint density at radius 3 is 2.32 bits per heavy atom. The van der Waals surface area contributed by atoms with Gasteiger partial charge < -0.3 is 15.2 Å². The van der Waals surface area contributed by atoms with Gasteiger partial charge in [-0.25, -0.2) is 9.59 Å². The minimum Gasteiger partial charge on any atom is -0.487 e. The van der Waals surface area contributed by atoms with Crippen LogP contribution in [-0.2, 0) is 9.53 Å². The summed E-state index contributed by atoms with van der Waals surface area (Å²) in [6.45, 7) is 2.03. The lowest BCUT2D eigenvalue weighted by atomic mass is 10.0. The number of para-hydroxylation sites is 1. The van der Waals surface area contributed by atoms with E-state index < -0.39 is 5.97 Å². The third-order valence-corrected chi connectivity index (χ3v) is 4.62. The van der Waals surface area contributed by atoms with E-state index in [1.54, 1.807) is 18.9 Å². The molecule has 0 unspecified atom stereocenters. The van der Waals surface area contributed by atoms with Gasteiger partial charge in [-0.2, -0.15) is 0 Å². The summed E-state index contributed by atoms with van der Waals surface area (Å²) in [6.07, 6.45) is 1.49. The Balaban J connectivity index is 1.77. The number of benzene rings is 3. The second kappa shape index (κ2) is 10.1. The first-order valence-electron chi connectivity index (χ1n) is 9.86. The van der Waals surface area contributed by atoms with Crippen LogP contribution in [0.25, 0.3) is 17.2 Å². The van der Waals surface area contributed by atoms with Crippen molar-refractivity contribution in [3.63, 3.8) is 0 Å². The molecule has 0 saturated heterocycles. The molecular weight excluding hydrogens is 392 g/mol. The number of carbonyl (C=O) groups is 2. The maximum Gasteiger partial charge on any atom is 0.371 e. The van der Waals surface area contributed by atoms with Crippen molar-refractivity contribution in [2.24, 2.45) is 0 Å². The number of carbonyl (C=O) groups excluding carboxylic acids is 1. The number of hydrogen-bond donors (Lipinski definition) is 2. The molecule has 0 heterocycles. The summed E-state index contributed by atoms with van der Waals surface area (Å²) in [7, 11) is 1.71. The van der Waals surface area contributed by atoms with Crippen molar-refractivity contribution >= 4 is 29.5 Å². The van der Waals surface area contributed by atoms with E-state index >= 15 is 0 Å². The number of aliphatic carboxylic acids is 1. The monoisotopic (exact) mass is 416 g/mol. The molecule has 0 aliphatic carbocycles. The Kier molecular flexibility index (Phi) is 7.06. The van der Waals surface area contributed by atoms with Gasteiger partial charge in [-0.1, -0.05) is 54.6 Å². The van der Waals surface area contributed by atoms with E-state index in [1.165, 1.54) is 6.08 Å². The molecule has 158 valence electrons. The summed E-state index contributed by atoms with van der Waals surface area (Å²) >= 11 is 0. The molecule has 0 aliphatic rings. The van der Waals surface area contributed by atoms with Crippen molar-refractivity contribution in [2.75, 3.05) is 23.9 Å². The van der Waals surface area contributed by atoms with Crippen LogP contribution in [0.2, 0.25) is 0 Å². The van der Waals surface area contributed by atoms with Crippen LogP contribution in [0.15, 0.2) is 84.6 Å². The van der Waals surface area contributed by atoms with Crippen molar-refractivity contribution in [1.82, 2.24) is 0 Å². The molecule has 0 spiro atoms. The zero-order valence-electron chi connectivity index (χ0n) is 17.4. The number of amides is 2. The van der Waals surface area contributed by atoms with Crippen LogP contribution in [0.4, 0.5) is 16.2 Å². The lowest BCUT2D eigenvalue weighted by Crippen LogP contribution is -2.31. The zero-order chi connectivity index (χ0) is 22.2. The molecule has 0 atom stereocenters. The Morgan fingerprint density at radius 2 is 1.68 bits per heavy atom. The Labute approximate surface area is 181 Å². The Bertz CT molecular complexity index is 1080. The Hall–Kier alpha value is -4.06. The van der Waals surface area contributed by atoms with Crippen molar-refractivity contribution in [3.8, 4) is 11.1 Å². The molecule has 31 heavy (non-hydrogen) atoms. The van der Waals surface area contributed by atoms with Gasteiger partial charge in [0.05, 0.1) is 6.61 Å². The van der Waals surface area contributed by atoms with Crippen LogP contribution in [0, 0.1) is 0 Å². The molecule has 2 N–H and O–H groups in total. The van der Waals surface area contributed by atoms with E-state index in [1.807, 2.05) is 78.9 Å². The molecule has 0 bridgehead atoms. The summed E-state index contributed by atoms with van der Waals surface area (Å²) in [5.41, 5.74) is 4.09. The highest BCUT2D eigenvalue weighted by molar-refractivity contribution is 6.01. The molecule has 2 amide bonds. The summed E-state index contributed by atoms with van der Waals surface area (Å²) in [5, 5.41) is 12.1. The fraction of sp³-hybridized carbons (Fsp3) is 0.120. The number of carboxylic acids is 1. The van der Waals surface area contributed by atoms with Crippen LogP contribution < -0.4 is 10.2 Å². The maximum absolute atomic E-state index is 12.6. The minimum absolute atomic E-state index is 0.0942. The molecule has 6 nitrogen and oxygen atoms in total. The van der Waals surface area contributed by atoms with Crippen molar-refractivity contribution < 1.29 is 19.4 Å². The van der Waals surface area contributed by atoms with Crippen LogP contribution in [0.1, 0.15) is 12.5 Å². The first-order chi connectivity index (χ1) is 15.0. The predicted octanol–water partition coefficient (Wildman–Crippen LogP) is 5.48. The standard InChI is InChI=1S/C25H24N2O4/c1-3-31-23(24(28)29)16-18-12-14-19(15-13-18)20-8-7-11-22(17-20)27(2)25(30)26-21-9-5-4-6-10-21/h4-17H,3H2,1-2H3,(H,26,30)(H,28,29)/b23-16+. The highest BCUT2D eigenvalue weighted by Crippen LogP contribution is 2.25. The smallest absolute Gasteiger partial charge is 0.371 e. The molecule has 0 saturated carbocycles. The summed E-state index contributed by atoms with van der Waals surface area (Å²) in [5.74, 6) is -1.20. The van der Waals surface area contributed by atoms with Gasteiger partial charge in [0.25, 0.3) is 0 Å². The predicted molar refractivity (Wildman–Crippen MR) is 123 cm³/mol. The lowest BCUT2D eigenvalue weighted by Gasteiger charge is -2.19. The minimum atomic E-state index is -1.10. The number of ether oxygens (including phenoxy) is 1. The topological polar surface area (TPSA) is 78.9 Å². The normalized spacial score (nSPS) is 11.0. The van der Waals surface area contributed by atoms with Crippen LogP contribution in [0.3, 0.4) is 0 Å². The zero-order valence-corrected chi connectivity index (χ0v) is 17.4. The van der Waals surface area contributed by atoms with Gasteiger partial charge >= 0.3 is 12.0 Å². The van der Waals surface area contributed by atoms with Gasteiger partial charge in [-0.05, 0) is 54.0 Å². The highest BCUT2D eigenvalue weighted by atomic mass is 16.5. The van der Waals surface area contributed by atoms with E-state index in [0.29, 0.717) is 0 Å². The number of anilines is 2. The Morgan fingerprint density at radius 1 is 0.968 bits per heavy atom. The first kappa shape index (κ1) is 21.6. The molecule has 3 rings (SSSR count). The second-order valence-corrected chi connectivity index (χ2v) is 6.77. The largest absolute Gasteiger partial charge is 0.487 e. The third kappa shape index (κ3) is 5.73. The van der Waals surface area contributed by atoms with Gasteiger partial charge in [-0.15, -0.1) is 0 Å². The number of hydrogen-bond acceptors (Lipinski definition) is 3. The van der Waals surface area contributed by atoms with Crippen molar-refractivity contribution in [2.45, 2.75) is 6.92 Å². The van der Waals surface area contributed by atoms with Crippen molar-refractivity contribution in [3.05, 3.63) is 90.2 Å². The van der Waals surface area contributed by atoms with Gasteiger partial charge in [0.15, 0.2) is 0 Å². The van der Waals surface area contributed by atoms with Gasteiger partial charge in [0.1, 0.15) is 0 Å². The third-order valence-electron chi connectivity index (χ3n) is 4.62. The average molecular weight is 416 g/mol. The summed E-state index contributed by atoms with van der Waals surface area (Å²) in [6, 6.07) is 24.2. The van der Waals surface area contributed by atoms with Gasteiger partial charge in [0.2, 0.25) is 5.76 Å². The van der Waals surface area contributed by atoms with E-state index in [0.717, 1.165) is 28.1 Å². The molecule has 0 radical (unpaired) electrons. The SMILES string of the molecule is CCO/C(=C/c1ccc(-c2cccc(N(C)C(=O)Nc3ccccc3)c2)cc1)C(=O)O. The fourth-order valence-electron chi connectivity index (χ4n) is 2.98. The molecular formula is C25H24N2O4. The molecule has 3 aromatic rings. The fourth-order valence-corrected chi connectivity index (χ4v) is 2.98. The maximum atomic E-state index is 12.6. The number of urea groups is 1. The molecule has 6 heteroatoms. The van der Waals surface area contributed by atoms with E-state index in [9.17, 15) is 14.7 Å². The van der Waals surface area contributed by atoms with E-state index in [4.69, 9.17) is 4.74 Å².